The predicted octanol–water partition coefficient (Wildman–Crippen LogP) is 4.55. The Kier molecular flexibility index (Phi) is 4.28. The zero-order chi connectivity index (χ0) is 15.6. The minimum absolute atomic E-state index is 0.0191. The molecule has 0 spiro atoms. The lowest BCUT2D eigenvalue weighted by Crippen LogP contribution is -2.13. The highest BCUT2D eigenvalue weighted by atomic mass is 32.1. The summed E-state index contributed by atoms with van der Waals surface area (Å²) in [5.74, 6) is 0.462. The third kappa shape index (κ3) is 3.58. The van der Waals surface area contributed by atoms with Crippen molar-refractivity contribution in [1.29, 1.82) is 0 Å². The van der Waals surface area contributed by atoms with E-state index in [1.807, 2.05) is 24.3 Å². The average Bonchev–Trinajstić information content (AvgIpc) is 2.38. The van der Waals surface area contributed by atoms with Gasteiger partial charge in [-0.05, 0) is 35.2 Å². The lowest BCUT2D eigenvalue weighted by atomic mass is 9.87. The standard InChI is InChI=1S/C17H18FNOS/c1-17(2,3)11-7-9-12(10-8-11)20-14-6-4-5-13(18)15(14)16(19)21/h4-10H,1-3H3,(H2,19,21). The Bertz CT molecular complexity index is 659. The van der Waals surface area contributed by atoms with Crippen molar-refractivity contribution in [3.63, 3.8) is 0 Å². The molecule has 2 aromatic rings. The summed E-state index contributed by atoms with van der Waals surface area (Å²) in [7, 11) is 0. The second-order valence-electron chi connectivity index (χ2n) is 5.85. The van der Waals surface area contributed by atoms with Gasteiger partial charge in [0, 0.05) is 0 Å². The Morgan fingerprint density at radius 2 is 1.71 bits per heavy atom. The number of benzene rings is 2. The van der Waals surface area contributed by atoms with Gasteiger partial charge in [-0.3, -0.25) is 0 Å². The number of thiocarbonyl (C=S) groups is 1. The molecule has 2 rings (SSSR count). The van der Waals surface area contributed by atoms with E-state index in [0.717, 1.165) is 0 Å². The van der Waals surface area contributed by atoms with Gasteiger partial charge in [-0.15, -0.1) is 0 Å². The van der Waals surface area contributed by atoms with Crippen LogP contribution in [0.2, 0.25) is 0 Å². The molecule has 4 heteroatoms. The van der Waals surface area contributed by atoms with Crippen molar-refractivity contribution in [2.45, 2.75) is 26.2 Å². The fourth-order valence-electron chi connectivity index (χ4n) is 1.98. The lowest BCUT2D eigenvalue weighted by molar-refractivity contribution is 0.474. The van der Waals surface area contributed by atoms with Crippen LogP contribution >= 0.6 is 12.2 Å². The molecule has 0 saturated heterocycles. The molecule has 0 aliphatic rings. The number of halogens is 1. The molecular weight excluding hydrogens is 285 g/mol. The first-order valence-corrected chi connectivity index (χ1v) is 7.06. The van der Waals surface area contributed by atoms with Gasteiger partial charge < -0.3 is 10.5 Å². The molecule has 21 heavy (non-hydrogen) atoms. The molecule has 0 fully saturated rings. The second-order valence-corrected chi connectivity index (χ2v) is 6.29. The van der Waals surface area contributed by atoms with E-state index in [1.54, 1.807) is 12.1 Å². The molecule has 0 aliphatic heterocycles. The Balaban J connectivity index is 2.31. The molecule has 0 atom stereocenters. The summed E-state index contributed by atoms with van der Waals surface area (Å²) in [4.78, 5) is -0.0191. The van der Waals surface area contributed by atoms with Crippen molar-refractivity contribution < 1.29 is 9.13 Å². The SMILES string of the molecule is CC(C)(C)c1ccc(Oc2cccc(F)c2C(N)=S)cc1. The zero-order valence-electron chi connectivity index (χ0n) is 12.3. The van der Waals surface area contributed by atoms with E-state index in [4.69, 9.17) is 22.7 Å². The first-order valence-electron chi connectivity index (χ1n) is 6.66. The molecule has 0 aliphatic carbocycles. The molecule has 0 bridgehead atoms. The Labute approximate surface area is 129 Å². The fraction of sp³-hybridized carbons (Fsp3) is 0.235. The van der Waals surface area contributed by atoms with Crippen molar-refractivity contribution in [2.24, 2.45) is 5.73 Å². The molecule has 0 saturated carbocycles. The molecule has 2 aromatic carbocycles. The summed E-state index contributed by atoms with van der Waals surface area (Å²) in [6, 6.07) is 12.2. The monoisotopic (exact) mass is 303 g/mol. The number of hydrogen-bond acceptors (Lipinski definition) is 2. The maximum absolute atomic E-state index is 13.8. The van der Waals surface area contributed by atoms with Crippen LogP contribution in [0.25, 0.3) is 0 Å². The van der Waals surface area contributed by atoms with Crippen LogP contribution < -0.4 is 10.5 Å². The minimum Gasteiger partial charge on any atom is -0.457 e. The fourth-order valence-corrected chi connectivity index (χ4v) is 2.18. The van der Waals surface area contributed by atoms with Crippen LogP contribution in [0.5, 0.6) is 11.5 Å². The summed E-state index contributed by atoms with van der Waals surface area (Å²) in [5, 5.41) is 0. The van der Waals surface area contributed by atoms with E-state index in [2.05, 4.69) is 20.8 Å². The highest BCUT2D eigenvalue weighted by molar-refractivity contribution is 7.80. The zero-order valence-corrected chi connectivity index (χ0v) is 13.1. The lowest BCUT2D eigenvalue weighted by Gasteiger charge is -2.19. The number of ether oxygens (including phenoxy) is 1. The van der Waals surface area contributed by atoms with Gasteiger partial charge in [0.1, 0.15) is 22.3 Å². The Morgan fingerprint density at radius 1 is 1.10 bits per heavy atom. The summed E-state index contributed by atoms with van der Waals surface area (Å²) in [5.41, 5.74) is 6.96. The third-order valence-electron chi connectivity index (χ3n) is 3.17. The van der Waals surface area contributed by atoms with Gasteiger partial charge in [-0.1, -0.05) is 51.2 Å². The number of nitrogens with two attached hydrogens (primary N) is 1. The largest absolute Gasteiger partial charge is 0.457 e. The van der Waals surface area contributed by atoms with Gasteiger partial charge in [0.15, 0.2) is 0 Å². The average molecular weight is 303 g/mol. The van der Waals surface area contributed by atoms with Crippen LogP contribution in [0.15, 0.2) is 42.5 Å². The Hall–Kier alpha value is -1.94. The summed E-state index contributed by atoms with van der Waals surface area (Å²) < 4.78 is 19.5. The molecule has 2 N–H and O–H groups in total. The molecule has 0 amide bonds. The molecule has 0 heterocycles. The van der Waals surface area contributed by atoms with Crippen LogP contribution in [-0.2, 0) is 5.41 Å². The normalized spacial score (nSPS) is 11.2. The van der Waals surface area contributed by atoms with Crippen molar-refractivity contribution in [3.8, 4) is 11.5 Å². The molecule has 0 unspecified atom stereocenters. The van der Waals surface area contributed by atoms with Crippen LogP contribution in [0.3, 0.4) is 0 Å². The van der Waals surface area contributed by atoms with Gasteiger partial charge in [-0.2, -0.15) is 0 Å². The van der Waals surface area contributed by atoms with Crippen LogP contribution in [-0.4, -0.2) is 4.99 Å². The highest BCUT2D eigenvalue weighted by Crippen LogP contribution is 2.29. The maximum Gasteiger partial charge on any atom is 0.140 e. The summed E-state index contributed by atoms with van der Waals surface area (Å²) in [6.07, 6.45) is 0. The smallest absolute Gasteiger partial charge is 0.140 e. The summed E-state index contributed by atoms with van der Waals surface area (Å²) in [6.45, 7) is 6.42. The van der Waals surface area contributed by atoms with Gasteiger partial charge in [0.05, 0.1) is 5.56 Å². The van der Waals surface area contributed by atoms with Crippen molar-refractivity contribution in [2.75, 3.05) is 0 Å². The second kappa shape index (κ2) is 5.82. The predicted molar refractivity (Wildman–Crippen MR) is 87.5 cm³/mol. The maximum atomic E-state index is 13.8. The van der Waals surface area contributed by atoms with Gasteiger partial charge in [-0.25, -0.2) is 4.39 Å². The molecule has 110 valence electrons. The first-order chi connectivity index (χ1) is 9.79. The van der Waals surface area contributed by atoms with Gasteiger partial charge in [0.25, 0.3) is 0 Å². The molecule has 0 aromatic heterocycles. The quantitative estimate of drug-likeness (QED) is 0.845. The van der Waals surface area contributed by atoms with E-state index in [1.165, 1.54) is 11.6 Å². The van der Waals surface area contributed by atoms with E-state index in [9.17, 15) is 4.39 Å². The molecule has 2 nitrogen and oxygen atoms in total. The van der Waals surface area contributed by atoms with Crippen LogP contribution in [0.4, 0.5) is 4.39 Å². The van der Waals surface area contributed by atoms with E-state index >= 15 is 0 Å². The van der Waals surface area contributed by atoms with E-state index < -0.39 is 5.82 Å². The molecule has 0 radical (unpaired) electrons. The number of hydrogen-bond donors (Lipinski definition) is 1. The van der Waals surface area contributed by atoms with Crippen molar-refractivity contribution >= 4 is 17.2 Å². The Morgan fingerprint density at radius 3 is 2.24 bits per heavy atom. The van der Waals surface area contributed by atoms with Gasteiger partial charge in [0.2, 0.25) is 0 Å². The van der Waals surface area contributed by atoms with Crippen molar-refractivity contribution in [3.05, 3.63) is 59.4 Å². The van der Waals surface area contributed by atoms with Gasteiger partial charge >= 0.3 is 0 Å². The first kappa shape index (κ1) is 15.4. The van der Waals surface area contributed by atoms with E-state index in [0.29, 0.717) is 11.5 Å². The summed E-state index contributed by atoms with van der Waals surface area (Å²) >= 11 is 4.88. The van der Waals surface area contributed by atoms with Crippen molar-refractivity contribution in [1.82, 2.24) is 0 Å². The van der Waals surface area contributed by atoms with Crippen LogP contribution in [0.1, 0.15) is 31.9 Å². The minimum atomic E-state index is -0.480. The van der Waals surface area contributed by atoms with Crippen LogP contribution in [0, 0.1) is 5.82 Å². The topological polar surface area (TPSA) is 35.2 Å². The third-order valence-corrected chi connectivity index (χ3v) is 3.37. The number of rotatable bonds is 3. The highest BCUT2D eigenvalue weighted by Gasteiger charge is 2.15. The molecular formula is C17H18FNOS. The van der Waals surface area contributed by atoms with E-state index in [-0.39, 0.29) is 16.0 Å².